The summed E-state index contributed by atoms with van der Waals surface area (Å²) in [6.07, 6.45) is 0. The number of hydrogen-bond donors (Lipinski definition) is 1. The second-order valence-electron chi connectivity index (χ2n) is 5.76. The van der Waals surface area contributed by atoms with Gasteiger partial charge in [0, 0.05) is 11.7 Å². The summed E-state index contributed by atoms with van der Waals surface area (Å²) in [6, 6.07) is 3.86. The predicted octanol–water partition coefficient (Wildman–Crippen LogP) is 3.44. The van der Waals surface area contributed by atoms with Crippen molar-refractivity contribution in [3.05, 3.63) is 33.5 Å². The van der Waals surface area contributed by atoms with Crippen LogP contribution in [0.3, 0.4) is 0 Å². The van der Waals surface area contributed by atoms with Crippen molar-refractivity contribution in [1.29, 1.82) is 5.26 Å². The average molecular weight is 360 g/mol. The van der Waals surface area contributed by atoms with Gasteiger partial charge >= 0.3 is 5.97 Å². The summed E-state index contributed by atoms with van der Waals surface area (Å²) in [5, 5.41) is 16.7. The molecule has 0 radical (unpaired) electrons. The summed E-state index contributed by atoms with van der Waals surface area (Å²) in [5.41, 5.74) is 1.90. The van der Waals surface area contributed by atoms with Gasteiger partial charge in [-0.2, -0.15) is 10.4 Å². The lowest BCUT2D eigenvalue weighted by atomic mass is 10.2. The zero-order valence-electron chi connectivity index (χ0n) is 14.8. The van der Waals surface area contributed by atoms with E-state index in [-0.39, 0.29) is 23.9 Å². The number of hydrogen-bond acceptors (Lipinski definition) is 6. The van der Waals surface area contributed by atoms with Gasteiger partial charge in [0.25, 0.3) is 5.91 Å². The van der Waals surface area contributed by atoms with Gasteiger partial charge in [0.05, 0.1) is 12.2 Å². The normalized spacial score (nSPS) is 10.6. The zero-order chi connectivity index (χ0) is 18.7. The molecule has 2 heterocycles. The van der Waals surface area contributed by atoms with E-state index in [0.717, 1.165) is 17.0 Å². The van der Waals surface area contributed by atoms with E-state index < -0.39 is 11.9 Å². The molecule has 2 aromatic heterocycles. The van der Waals surface area contributed by atoms with Crippen LogP contribution in [-0.4, -0.2) is 28.3 Å². The second kappa shape index (κ2) is 7.49. The Morgan fingerprint density at radius 1 is 1.44 bits per heavy atom. The fourth-order valence-electron chi connectivity index (χ4n) is 2.42. The Morgan fingerprint density at radius 3 is 2.64 bits per heavy atom. The maximum Gasteiger partial charge on any atom is 0.348 e. The van der Waals surface area contributed by atoms with Crippen LogP contribution in [-0.2, 0) is 4.74 Å². The van der Waals surface area contributed by atoms with Crippen molar-refractivity contribution in [2.75, 3.05) is 11.9 Å². The Labute approximate surface area is 150 Å². The fourth-order valence-corrected chi connectivity index (χ4v) is 3.46. The van der Waals surface area contributed by atoms with Gasteiger partial charge in [-0.15, -0.1) is 11.3 Å². The molecule has 8 heteroatoms. The average Bonchev–Trinajstić information content (AvgIpc) is 3.08. The van der Waals surface area contributed by atoms with Gasteiger partial charge in [-0.05, 0) is 46.2 Å². The molecule has 0 bridgehead atoms. The highest BCUT2D eigenvalue weighted by Crippen LogP contribution is 2.33. The number of nitrogens with zero attached hydrogens (tertiary/aromatic N) is 3. The van der Waals surface area contributed by atoms with Gasteiger partial charge in [-0.1, -0.05) is 0 Å². The molecule has 0 aromatic carbocycles. The van der Waals surface area contributed by atoms with E-state index in [1.54, 1.807) is 24.6 Å². The topological polar surface area (TPSA) is 97.0 Å². The molecule has 2 aromatic rings. The monoisotopic (exact) mass is 360 g/mol. The third-order valence-corrected chi connectivity index (χ3v) is 4.78. The number of nitrogens with one attached hydrogen (secondary N) is 1. The number of thiophene rings is 1. The fraction of sp³-hybridized carbons (Fsp3) is 0.412. The largest absolute Gasteiger partial charge is 0.462 e. The van der Waals surface area contributed by atoms with Crippen molar-refractivity contribution < 1.29 is 14.3 Å². The number of nitriles is 1. The number of aromatic nitrogens is 2. The first-order valence-corrected chi connectivity index (χ1v) is 8.69. The van der Waals surface area contributed by atoms with Crippen molar-refractivity contribution in [2.24, 2.45) is 0 Å². The number of aryl methyl sites for hydroxylation is 1. The van der Waals surface area contributed by atoms with Crippen molar-refractivity contribution in [3.63, 3.8) is 0 Å². The molecule has 0 saturated heterocycles. The highest BCUT2D eigenvalue weighted by molar-refractivity contribution is 7.18. The third-order valence-electron chi connectivity index (χ3n) is 3.59. The van der Waals surface area contributed by atoms with Crippen LogP contribution in [0.2, 0.25) is 0 Å². The first-order valence-electron chi connectivity index (χ1n) is 7.88. The summed E-state index contributed by atoms with van der Waals surface area (Å²) in [7, 11) is 0. The van der Waals surface area contributed by atoms with Gasteiger partial charge in [-0.25, -0.2) is 4.79 Å². The molecule has 0 aliphatic carbocycles. The number of carbonyl (C=O) groups is 2. The van der Waals surface area contributed by atoms with Crippen molar-refractivity contribution in [1.82, 2.24) is 9.78 Å². The number of rotatable bonds is 5. The summed E-state index contributed by atoms with van der Waals surface area (Å²) in [5.74, 6) is -0.919. The summed E-state index contributed by atoms with van der Waals surface area (Å²) in [6.45, 7) is 9.44. The van der Waals surface area contributed by atoms with Crippen LogP contribution in [0.25, 0.3) is 0 Å². The molecular weight excluding hydrogens is 340 g/mol. The SMILES string of the molecule is CCOC(=O)c1sc(NC(=O)c2cc(C)n(C(C)C)n2)c(C#N)c1C. The Morgan fingerprint density at radius 2 is 2.12 bits per heavy atom. The Hall–Kier alpha value is -2.66. The minimum absolute atomic E-state index is 0.135. The predicted molar refractivity (Wildman–Crippen MR) is 95.0 cm³/mol. The Balaban J connectivity index is 2.32. The van der Waals surface area contributed by atoms with E-state index in [1.165, 1.54) is 0 Å². The highest BCUT2D eigenvalue weighted by atomic mass is 32.1. The van der Waals surface area contributed by atoms with Crippen molar-refractivity contribution in [3.8, 4) is 6.07 Å². The molecule has 1 amide bonds. The maximum absolute atomic E-state index is 12.5. The van der Waals surface area contributed by atoms with Crippen LogP contribution in [0.1, 0.15) is 63.8 Å². The molecule has 1 N–H and O–H groups in total. The number of carbonyl (C=O) groups excluding carboxylic acids is 2. The molecule has 2 rings (SSSR count). The van der Waals surface area contributed by atoms with Crippen LogP contribution in [0.5, 0.6) is 0 Å². The lowest BCUT2D eigenvalue weighted by molar-refractivity contribution is 0.0531. The number of anilines is 1. The lowest BCUT2D eigenvalue weighted by Gasteiger charge is -2.07. The Bertz CT molecular complexity index is 858. The van der Waals surface area contributed by atoms with Gasteiger partial charge in [0.1, 0.15) is 15.9 Å². The number of amides is 1. The molecule has 0 atom stereocenters. The molecular formula is C17H20N4O3S. The lowest BCUT2D eigenvalue weighted by Crippen LogP contribution is -2.14. The maximum atomic E-state index is 12.5. The van der Waals surface area contributed by atoms with Crippen molar-refractivity contribution in [2.45, 2.75) is 40.7 Å². The zero-order valence-corrected chi connectivity index (χ0v) is 15.7. The van der Waals surface area contributed by atoms with Crippen LogP contribution in [0, 0.1) is 25.2 Å². The highest BCUT2D eigenvalue weighted by Gasteiger charge is 2.23. The molecule has 0 spiro atoms. The van der Waals surface area contributed by atoms with E-state index in [0.29, 0.717) is 15.4 Å². The van der Waals surface area contributed by atoms with Crippen LogP contribution >= 0.6 is 11.3 Å². The summed E-state index contributed by atoms with van der Waals surface area (Å²) in [4.78, 5) is 24.8. The summed E-state index contributed by atoms with van der Waals surface area (Å²) >= 11 is 1.04. The van der Waals surface area contributed by atoms with Gasteiger partial charge in [0.2, 0.25) is 0 Å². The van der Waals surface area contributed by atoms with E-state index in [9.17, 15) is 14.9 Å². The molecule has 0 aliphatic heterocycles. The quantitative estimate of drug-likeness (QED) is 0.824. The molecule has 0 fully saturated rings. The second-order valence-corrected chi connectivity index (χ2v) is 6.78. The van der Waals surface area contributed by atoms with Crippen LogP contribution in [0.15, 0.2) is 6.07 Å². The smallest absolute Gasteiger partial charge is 0.348 e. The van der Waals surface area contributed by atoms with Gasteiger partial charge in [-0.3, -0.25) is 9.48 Å². The molecule has 0 unspecified atom stereocenters. The summed E-state index contributed by atoms with van der Waals surface area (Å²) < 4.78 is 6.74. The minimum atomic E-state index is -0.498. The van der Waals surface area contributed by atoms with Gasteiger partial charge < -0.3 is 10.1 Å². The van der Waals surface area contributed by atoms with Crippen LogP contribution in [0.4, 0.5) is 5.00 Å². The molecule has 132 valence electrons. The van der Waals surface area contributed by atoms with Gasteiger partial charge in [0.15, 0.2) is 5.69 Å². The first kappa shape index (κ1) is 18.7. The standard InChI is InChI=1S/C17H20N4O3S/c1-6-24-17(23)14-11(5)12(8-18)16(25-14)19-15(22)13-7-10(4)21(20-13)9(2)3/h7,9H,6H2,1-5H3,(H,19,22). The molecule has 0 aliphatic rings. The number of esters is 1. The van der Waals surface area contributed by atoms with E-state index >= 15 is 0 Å². The van der Waals surface area contributed by atoms with Crippen LogP contribution < -0.4 is 5.32 Å². The third kappa shape index (κ3) is 3.72. The van der Waals surface area contributed by atoms with E-state index in [2.05, 4.69) is 10.4 Å². The Kier molecular flexibility index (Phi) is 5.59. The van der Waals surface area contributed by atoms with E-state index in [1.807, 2.05) is 26.8 Å². The molecule has 7 nitrogen and oxygen atoms in total. The minimum Gasteiger partial charge on any atom is -0.462 e. The number of ether oxygens (including phenoxy) is 1. The molecule has 0 saturated carbocycles. The molecule has 25 heavy (non-hydrogen) atoms. The van der Waals surface area contributed by atoms with E-state index in [4.69, 9.17) is 4.74 Å². The van der Waals surface area contributed by atoms with Crippen molar-refractivity contribution >= 4 is 28.2 Å². The first-order chi connectivity index (χ1) is 11.8.